The fourth-order valence-electron chi connectivity index (χ4n) is 2.75. The molecular weight excluding hydrogens is 264 g/mol. The van der Waals surface area contributed by atoms with Crippen molar-refractivity contribution in [1.82, 2.24) is 9.97 Å². The first-order valence-corrected chi connectivity index (χ1v) is 8.33. The van der Waals surface area contributed by atoms with Gasteiger partial charge in [-0.15, -0.1) is 0 Å². The minimum atomic E-state index is 0.421. The number of hydrogen-bond acceptors (Lipinski definition) is 5. The largest absolute Gasteiger partial charge is 0.378 e. The Morgan fingerprint density at radius 2 is 1.95 bits per heavy atom. The van der Waals surface area contributed by atoms with Crippen molar-refractivity contribution in [3.05, 3.63) is 11.9 Å². The molecule has 1 saturated carbocycles. The van der Waals surface area contributed by atoms with Gasteiger partial charge in [-0.2, -0.15) is 0 Å². The van der Waals surface area contributed by atoms with Crippen molar-refractivity contribution < 1.29 is 4.74 Å². The van der Waals surface area contributed by atoms with Crippen LogP contribution in [0.5, 0.6) is 0 Å². The van der Waals surface area contributed by atoms with Gasteiger partial charge in [0.2, 0.25) is 0 Å². The summed E-state index contributed by atoms with van der Waals surface area (Å²) in [6.45, 7) is 4.81. The predicted octanol–water partition coefficient (Wildman–Crippen LogP) is 3.16. The van der Waals surface area contributed by atoms with Crippen LogP contribution in [0.25, 0.3) is 0 Å². The zero-order chi connectivity index (χ0) is 14.5. The Morgan fingerprint density at radius 3 is 2.62 bits per heavy atom. The van der Waals surface area contributed by atoms with Crippen molar-refractivity contribution >= 4 is 11.6 Å². The molecule has 116 valence electrons. The van der Waals surface area contributed by atoms with Gasteiger partial charge in [0.15, 0.2) is 0 Å². The van der Waals surface area contributed by atoms with E-state index < -0.39 is 0 Å². The van der Waals surface area contributed by atoms with Crippen LogP contribution in [0.1, 0.15) is 57.2 Å². The van der Waals surface area contributed by atoms with Crippen LogP contribution in [0.15, 0.2) is 6.07 Å². The molecule has 1 aromatic heterocycles. The second-order valence-electron chi connectivity index (χ2n) is 6.01. The zero-order valence-electron chi connectivity index (χ0n) is 12.9. The highest BCUT2D eigenvalue weighted by Gasteiger charge is 2.27. The molecule has 2 aliphatic rings. The van der Waals surface area contributed by atoms with E-state index in [-0.39, 0.29) is 0 Å². The van der Waals surface area contributed by atoms with Crippen molar-refractivity contribution in [3.63, 3.8) is 0 Å². The fourth-order valence-corrected chi connectivity index (χ4v) is 2.75. The first kappa shape index (κ1) is 14.6. The van der Waals surface area contributed by atoms with E-state index in [9.17, 15) is 0 Å². The molecule has 3 rings (SSSR count). The maximum absolute atomic E-state index is 5.77. The van der Waals surface area contributed by atoms with Gasteiger partial charge in [0.1, 0.15) is 17.5 Å². The van der Waals surface area contributed by atoms with E-state index in [0.29, 0.717) is 12.0 Å². The average molecular weight is 290 g/mol. The van der Waals surface area contributed by atoms with E-state index in [2.05, 4.69) is 27.5 Å². The number of nitrogens with zero attached hydrogens (tertiary/aromatic N) is 2. The molecule has 0 radical (unpaired) electrons. The van der Waals surface area contributed by atoms with Gasteiger partial charge in [0.05, 0.1) is 6.10 Å². The molecule has 1 atom stereocenters. The van der Waals surface area contributed by atoms with Crippen LogP contribution < -0.4 is 10.6 Å². The molecule has 2 N–H and O–H groups in total. The van der Waals surface area contributed by atoms with E-state index in [4.69, 9.17) is 4.74 Å². The molecule has 0 amide bonds. The first-order chi connectivity index (χ1) is 10.3. The Morgan fingerprint density at radius 1 is 1.14 bits per heavy atom. The standard InChI is InChI=1S/C16H26N4O/c1-2-17-14-11-15(20-16(19-14)12-6-7-12)18-9-8-13-5-3-4-10-21-13/h11-13H,2-10H2,1H3,(H2,17,18,19,20). The van der Waals surface area contributed by atoms with E-state index in [1.54, 1.807) is 0 Å². The zero-order valence-corrected chi connectivity index (χ0v) is 12.9. The molecule has 5 heteroatoms. The molecule has 0 spiro atoms. The summed E-state index contributed by atoms with van der Waals surface area (Å²) in [5, 5.41) is 6.74. The second-order valence-corrected chi connectivity index (χ2v) is 6.01. The highest BCUT2D eigenvalue weighted by atomic mass is 16.5. The van der Waals surface area contributed by atoms with E-state index >= 15 is 0 Å². The number of rotatable bonds is 7. The smallest absolute Gasteiger partial charge is 0.136 e. The van der Waals surface area contributed by atoms with Crippen LogP contribution in [-0.2, 0) is 4.74 Å². The minimum absolute atomic E-state index is 0.421. The van der Waals surface area contributed by atoms with Gasteiger partial charge in [-0.1, -0.05) is 0 Å². The summed E-state index contributed by atoms with van der Waals surface area (Å²) in [6, 6.07) is 2.01. The predicted molar refractivity (Wildman–Crippen MR) is 84.9 cm³/mol. The van der Waals surface area contributed by atoms with E-state index in [0.717, 1.165) is 43.6 Å². The molecule has 1 aliphatic heterocycles. The van der Waals surface area contributed by atoms with Crippen molar-refractivity contribution in [2.75, 3.05) is 30.3 Å². The molecule has 1 unspecified atom stereocenters. The number of anilines is 2. The maximum atomic E-state index is 5.77. The Kier molecular flexibility index (Phi) is 4.91. The van der Waals surface area contributed by atoms with Crippen LogP contribution in [-0.4, -0.2) is 35.8 Å². The lowest BCUT2D eigenvalue weighted by atomic mass is 10.1. The van der Waals surface area contributed by atoms with Crippen molar-refractivity contribution in [2.45, 2.75) is 57.5 Å². The lowest BCUT2D eigenvalue weighted by Crippen LogP contribution is -2.22. The summed E-state index contributed by atoms with van der Waals surface area (Å²) in [6.07, 6.45) is 7.64. The summed E-state index contributed by atoms with van der Waals surface area (Å²) < 4.78 is 5.77. The molecular formula is C16H26N4O. The Hall–Kier alpha value is -1.36. The van der Waals surface area contributed by atoms with E-state index in [1.165, 1.54) is 32.1 Å². The Labute approximate surface area is 126 Å². The highest BCUT2D eigenvalue weighted by Crippen LogP contribution is 2.38. The van der Waals surface area contributed by atoms with Crippen molar-refractivity contribution in [1.29, 1.82) is 0 Å². The summed E-state index contributed by atoms with van der Waals surface area (Å²) >= 11 is 0. The normalized spacial score (nSPS) is 22.0. The summed E-state index contributed by atoms with van der Waals surface area (Å²) in [7, 11) is 0. The Balaban J connectivity index is 1.55. The lowest BCUT2D eigenvalue weighted by Gasteiger charge is -2.22. The van der Waals surface area contributed by atoms with Crippen LogP contribution >= 0.6 is 0 Å². The van der Waals surface area contributed by atoms with Crippen molar-refractivity contribution in [2.24, 2.45) is 0 Å². The van der Waals surface area contributed by atoms with Crippen LogP contribution in [0.2, 0.25) is 0 Å². The third-order valence-corrected chi connectivity index (χ3v) is 4.09. The number of nitrogens with one attached hydrogen (secondary N) is 2. The monoisotopic (exact) mass is 290 g/mol. The highest BCUT2D eigenvalue weighted by molar-refractivity contribution is 5.48. The van der Waals surface area contributed by atoms with Gasteiger partial charge in [-0.3, -0.25) is 0 Å². The molecule has 0 bridgehead atoms. The molecule has 2 heterocycles. The summed E-state index contributed by atoms with van der Waals surface area (Å²) in [4.78, 5) is 9.25. The van der Waals surface area contributed by atoms with Gasteiger partial charge in [0.25, 0.3) is 0 Å². The molecule has 0 aromatic carbocycles. The third kappa shape index (κ3) is 4.30. The molecule has 1 aromatic rings. The van der Waals surface area contributed by atoms with Gasteiger partial charge >= 0.3 is 0 Å². The molecule has 21 heavy (non-hydrogen) atoms. The summed E-state index contributed by atoms with van der Waals surface area (Å²) in [5.41, 5.74) is 0. The SMILES string of the molecule is CCNc1cc(NCCC2CCCCO2)nc(C2CC2)n1. The fraction of sp³-hybridized carbons (Fsp3) is 0.750. The molecule has 2 fully saturated rings. The van der Waals surface area contributed by atoms with Gasteiger partial charge in [-0.25, -0.2) is 9.97 Å². The van der Waals surface area contributed by atoms with Gasteiger partial charge < -0.3 is 15.4 Å². The van der Waals surface area contributed by atoms with Crippen LogP contribution in [0.3, 0.4) is 0 Å². The van der Waals surface area contributed by atoms with E-state index in [1.807, 2.05) is 6.07 Å². The number of aromatic nitrogens is 2. The summed E-state index contributed by atoms with van der Waals surface area (Å²) in [5.74, 6) is 3.44. The van der Waals surface area contributed by atoms with Gasteiger partial charge in [0, 0.05) is 31.7 Å². The van der Waals surface area contributed by atoms with Crippen LogP contribution in [0.4, 0.5) is 11.6 Å². The number of hydrogen-bond donors (Lipinski definition) is 2. The number of ether oxygens (including phenoxy) is 1. The van der Waals surface area contributed by atoms with Crippen LogP contribution in [0, 0.1) is 0 Å². The Bertz CT molecular complexity index is 456. The quantitative estimate of drug-likeness (QED) is 0.808. The average Bonchev–Trinajstić information content (AvgIpc) is 3.33. The van der Waals surface area contributed by atoms with Gasteiger partial charge in [-0.05, 0) is 45.4 Å². The molecule has 1 saturated heterocycles. The molecule has 1 aliphatic carbocycles. The minimum Gasteiger partial charge on any atom is -0.378 e. The second kappa shape index (κ2) is 7.07. The molecule has 5 nitrogen and oxygen atoms in total. The third-order valence-electron chi connectivity index (χ3n) is 4.09. The first-order valence-electron chi connectivity index (χ1n) is 8.33. The lowest BCUT2D eigenvalue weighted by molar-refractivity contribution is 0.0134. The topological polar surface area (TPSA) is 59.1 Å². The van der Waals surface area contributed by atoms with Crippen molar-refractivity contribution in [3.8, 4) is 0 Å². The maximum Gasteiger partial charge on any atom is 0.136 e.